The molecule has 7 nitrogen and oxygen atoms in total. The van der Waals surface area contributed by atoms with Crippen LogP contribution in [0.3, 0.4) is 0 Å². The summed E-state index contributed by atoms with van der Waals surface area (Å²) >= 11 is 1.36. The Morgan fingerprint density at radius 2 is 1.52 bits per heavy atom. The number of likely N-dealkylation sites (tertiary alicyclic amines) is 1. The van der Waals surface area contributed by atoms with Gasteiger partial charge in [-0.3, -0.25) is 14.4 Å². The van der Waals surface area contributed by atoms with Crippen molar-refractivity contribution in [2.75, 3.05) is 58.0 Å². The normalized spacial score (nSPS) is 17.8. The first kappa shape index (κ1) is 21.6. The molecule has 1 aromatic carbocycles. The monoisotopic (exact) mass is 420 g/mol. The van der Waals surface area contributed by atoms with E-state index in [-0.39, 0.29) is 23.5 Å². The molecule has 0 radical (unpaired) electrons. The fraction of sp³-hybridized carbons (Fsp3) is 0.571. The maximum absolute atomic E-state index is 12.7. The van der Waals surface area contributed by atoms with E-state index in [1.165, 1.54) is 11.8 Å². The molecule has 1 aromatic rings. The second-order valence-corrected chi connectivity index (χ2v) is 8.22. The van der Waals surface area contributed by atoms with Crippen LogP contribution in [0.1, 0.15) is 23.2 Å². The average Bonchev–Trinajstić information content (AvgIpc) is 2.79. The fourth-order valence-electron chi connectivity index (χ4n) is 3.60. The van der Waals surface area contributed by atoms with Crippen LogP contribution in [0.25, 0.3) is 0 Å². The van der Waals surface area contributed by atoms with Crippen LogP contribution >= 0.6 is 11.8 Å². The van der Waals surface area contributed by atoms with Crippen LogP contribution in [0.4, 0.5) is 0 Å². The summed E-state index contributed by atoms with van der Waals surface area (Å²) in [5.74, 6) is 1.53. The van der Waals surface area contributed by atoms with Crippen molar-refractivity contribution in [3.63, 3.8) is 0 Å². The fourth-order valence-corrected chi connectivity index (χ4v) is 4.42. The number of ether oxygens (including phenoxy) is 2. The predicted molar refractivity (Wildman–Crippen MR) is 111 cm³/mol. The van der Waals surface area contributed by atoms with E-state index in [0.29, 0.717) is 69.3 Å². The van der Waals surface area contributed by atoms with Crippen molar-refractivity contribution >= 4 is 29.4 Å². The van der Waals surface area contributed by atoms with Gasteiger partial charge in [-0.25, -0.2) is 0 Å². The largest absolute Gasteiger partial charge is 0.497 e. The number of ketones is 1. The Morgan fingerprint density at radius 1 is 0.966 bits per heavy atom. The minimum Gasteiger partial charge on any atom is -0.497 e. The summed E-state index contributed by atoms with van der Waals surface area (Å²) in [6, 6.07) is 7.17. The minimum atomic E-state index is -0.0528. The summed E-state index contributed by atoms with van der Waals surface area (Å²) in [6.45, 7) is 3.60. The number of carbonyl (C=O) groups excluding carboxylic acids is 3. The topological polar surface area (TPSA) is 76.2 Å². The summed E-state index contributed by atoms with van der Waals surface area (Å²) in [4.78, 5) is 40.8. The van der Waals surface area contributed by atoms with Crippen molar-refractivity contribution in [1.82, 2.24) is 9.80 Å². The maximum atomic E-state index is 12.7. The lowest BCUT2D eigenvalue weighted by molar-refractivity contribution is -0.132. The SMILES string of the molecule is COc1ccc(C(=O)C2CCN(C(=O)CSCC(=O)N3CCOCC3)CC2)cc1. The molecule has 0 aliphatic carbocycles. The van der Waals surface area contributed by atoms with Crippen LogP contribution in [0.15, 0.2) is 24.3 Å². The van der Waals surface area contributed by atoms with E-state index in [0.717, 1.165) is 5.75 Å². The number of morpholine rings is 1. The molecule has 158 valence electrons. The number of rotatable bonds is 7. The van der Waals surface area contributed by atoms with Crippen LogP contribution < -0.4 is 4.74 Å². The van der Waals surface area contributed by atoms with Crippen LogP contribution in [-0.2, 0) is 14.3 Å². The Hall–Kier alpha value is -2.06. The first-order valence-electron chi connectivity index (χ1n) is 9.98. The molecule has 0 N–H and O–H groups in total. The molecule has 2 saturated heterocycles. The number of hydrogen-bond donors (Lipinski definition) is 0. The van der Waals surface area contributed by atoms with Crippen molar-refractivity contribution in [1.29, 1.82) is 0 Å². The van der Waals surface area contributed by atoms with E-state index in [4.69, 9.17) is 9.47 Å². The van der Waals surface area contributed by atoms with E-state index in [2.05, 4.69) is 0 Å². The number of Topliss-reactive ketones (excluding diaryl/α,β-unsaturated/α-hetero) is 1. The summed E-state index contributed by atoms with van der Waals surface area (Å²) in [6.07, 6.45) is 1.35. The van der Waals surface area contributed by atoms with E-state index >= 15 is 0 Å². The van der Waals surface area contributed by atoms with Gasteiger partial charge in [0.05, 0.1) is 31.8 Å². The zero-order valence-electron chi connectivity index (χ0n) is 16.8. The number of piperidine rings is 1. The van der Waals surface area contributed by atoms with Crippen LogP contribution in [0.5, 0.6) is 5.75 Å². The zero-order chi connectivity index (χ0) is 20.6. The number of hydrogen-bond acceptors (Lipinski definition) is 6. The third-order valence-electron chi connectivity index (χ3n) is 5.41. The molecule has 0 spiro atoms. The molecular weight excluding hydrogens is 392 g/mol. The van der Waals surface area contributed by atoms with Crippen LogP contribution in [-0.4, -0.2) is 85.4 Å². The number of thioether (sulfide) groups is 1. The van der Waals surface area contributed by atoms with E-state index < -0.39 is 0 Å². The van der Waals surface area contributed by atoms with Crippen molar-refractivity contribution in [3.8, 4) is 5.75 Å². The van der Waals surface area contributed by atoms with Gasteiger partial charge in [-0.05, 0) is 37.1 Å². The zero-order valence-corrected chi connectivity index (χ0v) is 17.6. The Balaban J connectivity index is 1.38. The first-order valence-corrected chi connectivity index (χ1v) is 11.1. The molecule has 8 heteroatoms. The number of amides is 2. The van der Waals surface area contributed by atoms with Gasteiger partial charge in [0.1, 0.15) is 5.75 Å². The highest BCUT2D eigenvalue weighted by Crippen LogP contribution is 2.23. The van der Waals surface area contributed by atoms with Crippen LogP contribution in [0, 0.1) is 5.92 Å². The molecule has 29 heavy (non-hydrogen) atoms. The van der Waals surface area contributed by atoms with Crippen molar-refractivity contribution in [3.05, 3.63) is 29.8 Å². The number of nitrogens with zero attached hydrogens (tertiary/aromatic N) is 2. The van der Waals surface area contributed by atoms with Crippen molar-refractivity contribution < 1.29 is 23.9 Å². The lowest BCUT2D eigenvalue weighted by Crippen LogP contribution is -2.42. The van der Waals surface area contributed by atoms with Gasteiger partial charge in [-0.15, -0.1) is 11.8 Å². The van der Waals surface area contributed by atoms with Gasteiger partial charge in [0.2, 0.25) is 11.8 Å². The summed E-state index contributed by atoms with van der Waals surface area (Å²) in [5.41, 5.74) is 0.688. The van der Waals surface area contributed by atoms with E-state index in [9.17, 15) is 14.4 Å². The number of methoxy groups -OCH3 is 1. The van der Waals surface area contributed by atoms with Crippen LogP contribution in [0.2, 0.25) is 0 Å². The average molecular weight is 421 g/mol. The van der Waals surface area contributed by atoms with Gasteiger partial charge in [0.25, 0.3) is 0 Å². The second kappa shape index (κ2) is 10.6. The van der Waals surface area contributed by atoms with E-state index in [1.54, 1.807) is 36.3 Å². The molecule has 0 atom stereocenters. The Labute approximate surface area is 175 Å². The summed E-state index contributed by atoms with van der Waals surface area (Å²) < 4.78 is 10.4. The highest BCUT2D eigenvalue weighted by molar-refractivity contribution is 8.00. The van der Waals surface area contributed by atoms with Gasteiger partial charge in [0, 0.05) is 37.7 Å². The summed E-state index contributed by atoms with van der Waals surface area (Å²) in [7, 11) is 1.60. The molecule has 0 aromatic heterocycles. The Bertz CT molecular complexity index is 710. The van der Waals surface area contributed by atoms with E-state index in [1.807, 2.05) is 4.90 Å². The smallest absolute Gasteiger partial charge is 0.232 e. The molecular formula is C21H28N2O5S. The van der Waals surface area contributed by atoms with Gasteiger partial charge < -0.3 is 19.3 Å². The molecule has 2 amide bonds. The predicted octanol–water partition coefficient (Wildman–Crippen LogP) is 1.71. The summed E-state index contributed by atoms with van der Waals surface area (Å²) in [5, 5.41) is 0. The van der Waals surface area contributed by atoms with Gasteiger partial charge in [-0.2, -0.15) is 0 Å². The molecule has 2 aliphatic heterocycles. The molecule has 3 rings (SSSR count). The first-order chi connectivity index (χ1) is 14.1. The molecule has 0 saturated carbocycles. The third-order valence-corrected chi connectivity index (χ3v) is 6.31. The Kier molecular flexibility index (Phi) is 7.94. The molecule has 2 fully saturated rings. The lowest BCUT2D eigenvalue weighted by Gasteiger charge is -2.31. The molecule has 2 aliphatic rings. The maximum Gasteiger partial charge on any atom is 0.232 e. The molecule has 2 heterocycles. The highest BCUT2D eigenvalue weighted by Gasteiger charge is 2.28. The second-order valence-electron chi connectivity index (χ2n) is 7.23. The Morgan fingerprint density at radius 3 is 2.07 bits per heavy atom. The number of benzene rings is 1. The number of carbonyl (C=O) groups is 3. The van der Waals surface area contributed by atoms with Gasteiger partial charge >= 0.3 is 0 Å². The minimum absolute atomic E-state index is 0.0418. The third kappa shape index (κ3) is 5.96. The highest BCUT2D eigenvalue weighted by atomic mass is 32.2. The standard InChI is InChI=1S/C21H28N2O5S/c1-27-18-4-2-16(3-5-18)21(26)17-6-8-22(9-7-17)19(24)14-29-15-20(25)23-10-12-28-13-11-23/h2-5,17H,6-15H2,1H3. The lowest BCUT2D eigenvalue weighted by atomic mass is 9.89. The van der Waals surface area contributed by atoms with Crippen molar-refractivity contribution in [2.45, 2.75) is 12.8 Å². The molecule has 0 bridgehead atoms. The van der Waals surface area contributed by atoms with Gasteiger partial charge in [-0.1, -0.05) is 0 Å². The van der Waals surface area contributed by atoms with Gasteiger partial charge in [0.15, 0.2) is 5.78 Å². The quantitative estimate of drug-likeness (QED) is 0.625. The van der Waals surface area contributed by atoms with Crippen molar-refractivity contribution in [2.24, 2.45) is 5.92 Å². The molecule has 0 unspecified atom stereocenters.